The van der Waals surface area contributed by atoms with Gasteiger partial charge in [0.25, 0.3) is 0 Å². The van der Waals surface area contributed by atoms with Crippen molar-refractivity contribution in [2.24, 2.45) is 4.99 Å². The minimum Gasteiger partial charge on any atom is -0.434 e. The minimum absolute atomic E-state index is 0.0298. The van der Waals surface area contributed by atoms with E-state index in [0.717, 1.165) is 0 Å². The van der Waals surface area contributed by atoms with Crippen LogP contribution in [0.4, 0.5) is 23.2 Å². The molecule has 1 saturated heterocycles. The molecular weight excluding hydrogens is 388 g/mol. The summed E-state index contributed by atoms with van der Waals surface area (Å²) in [6.07, 6.45) is 0.666. The van der Waals surface area contributed by atoms with Crippen molar-refractivity contribution in [3.8, 4) is 5.75 Å². The van der Waals surface area contributed by atoms with Gasteiger partial charge < -0.3 is 20.3 Å². The molecule has 0 amide bonds. The van der Waals surface area contributed by atoms with E-state index in [-0.39, 0.29) is 24.0 Å². The van der Waals surface area contributed by atoms with Crippen molar-refractivity contribution < 1.29 is 22.3 Å². The molecule has 0 saturated carbocycles. The van der Waals surface area contributed by atoms with E-state index in [1.54, 1.807) is 30.1 Å². The summed E-state index contributed by atoms with van der Waals surface area (Å²) >= 11 is 0. The molecule has 2 aromatic rings. The molecule has 2 aromatic carbocycles. The largest absolute Gasteiger partial charge is 0.434 e. The first-order chi connectivity index (χ1) is 14.0. The number of para-hydroxylation sites is 2. The molecule has 1 heterocycles. The van der Waals surface area contributed by atoms with E-state index in [1.165, 1.54) is 24.3 Å². The molecule has 156 valence electrons. The summed E-state index contributed by atoms with van der Waals surface area (Å²) < 4.78 is 57.6. The number of ether oxygens (including phenoxy) is 1. The highest BCUT2D eigenvalue weighted by atomic mass is 19.3. The maximum atomic E-state index is 14.0. The Balaban J connectivity index is 1.58. The van der Waals surface area contributed by atoms with Crippen LogP contribution in [-0.4, -0.2) is 38.8 Å². The fourth-order valence-electron chi connectivity index (χ4n) is 3.30. The SMILES string of the molecule is CN=C(NCc1ccccc1OC(F)F)NC1CCN(c2c(F)cccc2F)C1. The number of benzene rings is 2. The van der Waals surface area contributed by atoms with Crippen LogP contribution in [-0.2, 0) is 6.54 Å². The van der Waals surface area contributed by atoms with Gasteiger partial charge in [-0.1, -0.05) is 24.3 Å². The van der Waals surface area contributed by atoms with Crippen LogP contribution >= 0.6 is 0 Å². The van der Waals surface area contributed by atoms with Gasteiger partial charge in [-0.15, -0.1) is 0 Å². The number of halogens is 4. The zero-order valence-electron chi connectivity index (χ0n) is 15.8. The average Bonchev–Trinajstić information content (AvgIpc) is 3.13. The van der Waals surface area contributed by atoms with E-state index in [0.29, 0.717) is 31.0 Å². The van der Waals surface area contributed by atoms with Crippen LogP contribution in [0.5, 0.6) is 5.75 Å². The summed E-state index contributed by atoms with van der Waals surface area (Å²) in [5, 5.41) is 6.25. The maximum absolute atomic E-state index is 14.0. The topological polar surface area (TPSA) is 48.9 Å². The second-order valence-corrected chi connectivity index (χ2v) is 6.56. The molecule has 0 aliphatic carbocycles. The standard InChI is InChI=1S/C20H22F4N4O/c1-25-20(26-11-13-5-2-3-8-17(13)29-19(23)24)27-14-9-10-28(12-14)18-15(21)6-4-7-16(18)22/h2-8,14,19H,9-12H2,1H3,(H2,25,26,27). The Hall–Kier alpha value is -2.97. The number of rotatable bonds is 6. The van der Waals surface area contributed by atoms with E-state index in [9.17, 15) is 17.6 Å². The molecule has 3 rings (SSSR count). The van der Waals surface area contributed by atoms with E-state index >= 15 is 0 Å². The quantitative estimate of drug-likeness (QED) is 0.435. The second kappa shape index (κ2) is 9.49. The third kappa shape index (κ3) is 5.30. The van der Waals surface area contributed by atoms with Gasteiger partial charge in [-0.3, -0.25) is 4.99 Å². The lowest BCUT2D eigenvalue weighted by Crippen LogP contribution is -2.44. The van der Waals surface area contributed by atoms with Crippen LogP contribution in [0.15, 0.2) is 47.5 Å². The maximum Gasteiger partial charge on any atom is 0.387 e. The van der Waals surface area contributed by atoms with Crippen molar-refractivity contribution in [2.45, 2.75) is 25.6 Å². The lowest BCUT2D eigenvalue weighted by atomic mass is 10.2. The summed E-state index contributed by atoms with van der Waals surface area (Å²) in [5.74, 6) is -0.641. The Morgan fingerprint density at radius 2 is 1.90 bits per heavy atom. The van der Waals surface area contributed by atoms with E-state index in [2.05, 4.69) is 20.4 Å². The lowest BCUT2D eigenvalue weighted by molar-refractivity contribution is -0.0504. The van der Waals surface area contributed by atoms with Crippen molar-refractivity contribution in [3.63, 3.8) is 0 Å². The van der Waals surface area contributed by atoms with Crippen molar-refractivity contribution in [1.29, 1.82) is 0 Å². The van der Waals surface area contributed by atoms with Gasteiger partial charge >= 0.3 is 6.61 Å². The van der Waals surface area contributed by atoms with Crippen molar-refractivity contribution >= 4 is 11.6 Å². The fourth-order valence-corrected chi connectivity index (χ4v) is 3.30. The molecule has 1 atom stereocenters. The number of nitrogens with zero attached hydrogens (tertiary/aromatic N) is 2. The molecule has 0 bridgehead atoms. The zero-order valence-corrected chi connectivity index (χ0v) is 15.8. The Morgan fingerprint density at radius 3 is 2.59 bits per heavy atom. The number of hydrogen-bond donors (Lipinski definition) is 2. The van der Waals surface area contributed by atoms with Crippen molar-refractivity contribution in [1.82, 2.24) is 10.6 Å². The third-order valence-electron chi connectivity index (χ3n) is 4.64. The van der Waals surface area contributed by atoms with Crippen LogP contribution in [0.25, 0.3) is 0 Å². The smallest absolute Gasteiger partial charge is 0.387 e. The van der Waals surface area contributed by atoms with Crippen LogP contribution < -0.4 is 20.3 Å². The van der Waals surface area contributed by atoms with Gasteiger partial charge in [-0.05, 0) is 24.6 Å². The monoisotopic (exact) mass is 410 g/mol. The first-order valence-electron chi connectivity index (χ1n) is 9.16. The highest BCUT2D eigenvalue weighted by Gasteiger charge is 2.27. The number of aliphatic imine (C=N–C) groups is 1. The molecule has 0 aromatic heterocycles. The summed E-state index contributed by atoms with van der Waals surface area (Å²) in [6, 6.07) is 10.2. The lowest BCUT2D eigenvalue weighted by Gasteiger charge is -2.21. The van der Waals surface area contributed by atoms with Crippen LogP contribution in [0.2, 0.25) is 0 Å². The highest BCUT2D eigenvalue weighted by Crippen LogP contribution is 2.26. The van der Waals surface area contributed by atoms with E-state index < -0.39 is 18.2 Å². The van der Waals surface area contributed by atoms with Crippen molar-refractivity contribution in [3.05, 3.63) is 59.7 Å². The third-order valence-corrected chi connectivity index (χ3v) is 4.64. The van der Waals surface area contributed by atoms with Gasteiger partial charge in [-0.2, -0.15) is 8.78 Å². The molecule has 2 N–H and O–H groups in total. The summed E-state index contributed by atoms with van der Waals surface area (Å²) in [6.45, 7) is -1.78. The molecule has 5 nitrogen and oxygen atoms in total. The molecule has 1 aliphatic heterocycles. The summed E-state index contributed by atoms with van der Waals surface area (Å²) in [4.78, 5) is 5.78. The zero-order chi connectivity index (χ0) is 20.8. The second-order valence-electron chi connectivity index (χ2n) is 6.56. The van der Waals surface area contributed by atoms with Crippen LogP contribution in [0, 0.1) is 11.6 Å². The number of hydrogen-bond acceptors (Lipinski definition) is 3. The van der Waals surface area contributed by atoms with Gasteiger partial charge in [0, 0.05) is 38.3 Å². The van der Waals surface area contributed by atoms with Gasteiger partial charge in [0.05, 0.1) is 0 Å². The molecule has 1 unspecified atom stereocenters. The average molecular weight is 410 g/mol. The molecule has 0 spiro atoms. The summed E-state index contributed by atoms with van der Waals surface area (Å²) in [5.41, 5.74) is 0.523. The Bertz CT molecular complexity index is 842. The molecule has 29 heavy (non-hydrogen) atoms. The van der Waals surface area contributed by atoms with Gasteiger partial charge in [0.15, 0.2) is 5.96 Å². The fraction of sp³-hybridized carbons (Fsp3) is 0.350. The number of anilines is 1. The first-order valence-corrected chi connectivity index (χ1v) is 9.16. The highest BCUT2D eigenvalue weighted by molar-refractivity contribution is 5.80. The first kappa shape index (κ1) is 20.8. The number of alkyl halides is 2. The Morgan fingerprint density at radius 1 is 1.17 bits per heavy atom. The van der Waals surface area contributed by atoms with Gasteiger partial charge in [-0.25, -0.2) is 8.78 Å². The predicted octanol–water partition coefficient (Wildman–Crippen LogP) is 3.51. The van der Waals surface area contributed by atoms with Gasteiger partial charge in [0.2, 0.25) is 0 Å². The molecule has 1 aliphatic rings. The normalized spacial score (nSPS) is 17.0. The molecule has 0 radical (unpaired) electrons. The predicted molar refractivity (Wildman–Crippen MR) is 103 cm³/mol. The van der Waals surface area contributed by atoms with Crippen LogP contribution in [0.1, 0.15) is 12.0 Å². The van der Waals surface area contributed by atoms with E-state index in [4.69, 9.17) is 0 Å². The molecule has 9 heteroatoms. The Labute approximate surface area is 166 Å². The number of guanidine groups is 1. The Kier molecular flexibility index (Phi) is 6.79. The molecule has 1 fully saturated rings. The van der Waals surface area contributed by atoms with Gasteiger partial charge in [0.1, 0.15) is 23.1 Å². The van der Waals surface area contributed by atoms with Crippen molar-refractivity contribution in [2.75, 3.05) is 25.0 Å². The van der Waals surface area contributed by atoms with Crippen LogP contribution in [0.3, 0.4) is 0 Å². The number of nitrogens with one attached hydrogen (secondary N) is 2. The molecular formula is C20H22F4N4O. The minimum atomic E-state index is -2.91. The summed E-state index contributed by atoms with van der Waals surface area (Å²) in [7, 11) is 1.58. The van der Waals surface area contributed by atoms with E-state index in [1.807, 2.05) is 0 Å².